The molecule has 0 aliphatic rings. The maximum absolute atomic E-state index is 11.8. The number of amides is 1. The Kier molecular flexibility index (Phi) is 4.12. The zero-order valence-electron chi connectivity index (χ0n) is 10.1. The lowest BCUT2D eigenvalue weighted by atomic mass is 10.2. The molecule has 0 saturated carbocycles. The van der Waals surface area contributed by atoms with Crippen LogP contribution in [0.4, 0.5) is 10.5 Å². The largest absolute Gasteiger partial charge is 0.478 e. The SMILES string of the molecule is CN(C)S(=O)(=O)c1ccc(NC(=O)O)c(C(=O)O)c1. The van der Waals surface area contributed by atoms with Crippen LogP contribution in [0.1, 0.15) is 10.4 Å². The van der Waals surface area contributed by atoms with E-state index in [-0.39, 0.29) is 10.6 Å². The highest BCUT2D eigenvalue weighted by atomic mass is 32.2. The van der Waals surface area contributed by atoms with E-state index in [1.807, 2.05) is 5.32 Å². The monoisotopic (exact) mass is 288 g/mol. The van der Waals surface area contributed by atoms with Crippen LogP contribution in [0.3, 0.4) is 0 Å². The first-order valence-corrected chi connectivity index (χ1v) is 6.40. The molecule has 0 aliphatic carbocycles. The van der Waals surface area contributed by atoms with E-state index in [9.17, 15) is 18.0 Å². The van der Waals surface area contributed by atoms with Gasteiger partial charge in [-0.1, -0.05) is 0 Å². The van der Waals surface area contributed by atoms with Gasteiger partial charge in [0.05, 0.1) is 16.1 Å². The Morgan fingerprint density at radius 1 is 1.21 bits per heavy atom. The second-order valence-corrected chi connectivity index (χ2v) is 5.88. The Morgan fingerprint density at radius 3 is 2.21 bits per heavy atom. The number of hydrogen-bond acceptors (Lipinski definition) is 4. The molecule has 19 heavy (non-hydrogen) atoms. The molecule has 1 amide bonds. The summed E-state index contributed by atoms with van der Waals surface area (Å²) in [5.74, 6) is -1.43. The summed E-state index contributed by atoms with van der Waals surface area (Å²) in [5, 5.41) is 19.4. The van der Waals surface area contributed by atoms with Crippen LogP contribution in [-0.2, 0) is 10.0 Å². The van der Waals surface area contributed by atoms with Gasteiger partial charge >= 0.3 is 12.1 Å². The van der Waals surface area contributed by atoms with Gasteiger partial charge in [-0.15, -0.1) is 0 Å². The molecule has 8 nitrogen and oxygen atoms in total. The van der Waals surface area contributed by atoms with E-state index in [1.54, 1.807) is 0 Å². The standard InChI is InChI=1S/C10H12N2O6S/c1-12(2)19(17,18)6-3-4-8(11-10(15)16)7(5-6)9(13)14/h3-5,11H,1-2H3,(H,13,14)(H,15,16). The van der Waals surface area contributed by atoms with Crippen LogP contribution < -0.4 is 5.32 Å². The van der Waals surface area contributed by atoms with Crippen molar-refractivity contribution in [3.05, 3.63) is 23.8 Å². The zero-order chi connectivity index (χ0) is 14.8. The lowest BCUT2D eigenvalue weighted by Gasteiger charge is -2.13. The Hall–Kier alpha value is -2.13. The summed E-state index contributed by atoms with van der Waals surface area (Å²) in [6, 6.07) is 3.13. The Morgan fingerprint density at radius 2 is 1.79 bits per heavy atom. The number of rotatable bonds is 4. The van der Waals surface area contributed by atoms with E-state index in [2.05, 4.69) is 0 Å². The van der Waals surface area contributed by atoms with Gasteiger partial charge < -0.3 is 10.2 Å². The van der Waals surface area contributed by atoms with Crippen LogP contribution in [0.15, 0.2) is 23.1 Å². The third kappa shape index (κ3) is 3.20. The Balaban J connectivity index is 3.40. The minimum Gasteiger partial charge on any atom is -0.478 e. The molecule has 1 aromatic carbocycles. The van der Waals surface area contributed by atoms with E-state index in [0.717, 1.165) is 22.5 Å². The molecule has 1 rings (SSSR count). The summed E-state index contributed by atoms with van der Waals surface area (Å²) in [4.78, 5) is 21.3. The fourth-order valence-corrected chi connectivity index (χ4v) is 2.22. The maximum Gasteiger partial charge on any atom is 0.409 e. The number of carboxylic acids is 1. The smallest absolute Gasteiger partial charge is 0.409 e. The zero-order valence-corrected chi connectivity index (χ0v) is 10.9. The molecule has 0 heterocycles. The molecular weight excluding hydrogens is 276 g/mol. The molecule has 0 atom stereocenters. The van der Waals surface area contributed by atoms with Crippen molar-refractivity contribution in [1.29, 1.82) is 0 Å². The van der Waals surface area contributed by atoms with Gasteiger partial charge in [0.15, 0.2) is 0 Å². The van der Waals surface area contributed by atoms with Crippen LogP contribution in [-0.4, -0.2) is 49.1 Å². The fraction of sp³-hybridized carbons (Fsp3) is 0.200. The predicted octanol–water partition coefficient (Wildman–Crippen LogP) is 0.725. The van der Waals surface area contributed by atoms with Gasteiger partial charge in [-0.2, -0.15) is 0 Å². The van der Waals surface area contributed by atoms with Gasteiger partial charge in [-0.3, -0.25) is 5.32 Å². The van der Waals surface area contributed by atoms with Crippen LogP contribution in [0.25, 0.3) is 0 Å². The third-order valence-electron chi connectivity index (χ3n) is 2.24. The molecular formula is C10H12N2O6S. The van der Waals surface area contributed by atoms with Crippen molar-refractivity contribution < 1.29 is 28.2 Å². The predicted molar refractivity (Wildman–Crippen MR) is 65.9 cm³/mol. The second kappa shape index (κ2) is 5.24. The maximum atomic E-state index is 11.8. The number of benzene rings is 1. The summed E-state index contributed by atoms with van der Waals surface area (Å²) in [7, 11) is -1.17. The number of sulfonamides is 1. The first-order chi connectivity index (χ1) is 8.66. The summed E-state index contributed by atoms with van der Waals surface area (Å²) in [5.41, 5.74) is -0.636. The van der Waals surface area contributed by atoms with Gasteiger partial charge in [0.2, 0.25) is 10.0 Å². The average Bonchev–Trinajstić information content (AvgIpc) is 2.27. The molecule has 9 heteroatoms. The molecule has 3 N–H and O–H groups in total. The van der Waals surface area contributed by atoms with E-state index in [4.69, 9.17) is 10.2 Å². The average molecular weight is 288 g/mol. The highest BCUT2D eigenvalue weighted by Gasteiger charge is 2.21. The molecule has 104 valence electrons. The van der Waals surface area contributed by atoms with Gasteiger partial charge in [0, 0.05) is 14.1 Å². The van der Waals surface area contributed by atoms with Crippen LogP contribution in [0.2, 0.25) is 0 Å². The molecule has 0 saturated heterocycles. The molecule has 0 unspecified atom stereocenters. The molecule has 0 radical (unpaired) electrons. The Labute approximate surface area is 109 Å². The topological polar surface area (TPSA) is 124 Å². The molecule has 0 fully saturated rings. The molecule has 0 aliphatic heterocycles. The third-order valence-corrected chi connectivity index (χ3v) is 4.05. The van der Waals surface area contributed by atoms with Crippen LogP contribution >= 0.6 is 0 Å². The lowest BCUT2D eigenvalue weighted by molar-refractivity contribution is 0.0697. The van der Waals surface area contributed by atoms with Crippen molar-refractivity contribution in [1.82, 2.24) is 4.31 Å². The number of nitrogens with one attached hydrogen (secondary N) is 1. The minimum atomic E-state index is -3.78. The summed E-state index contributed by atoms with van der Waals surface area (Å²) >= 11 is 0. The van der Waals surface area contributed by atoms with Gasteiger partial charge in [-0.25, -0.2) is 22.3 Å². The number of carbonyl (C=O) groups is 2. The number of carboxylic acid groups (broad SMARTS) is 2. The lowest BCUT2D eigenvalue weighted by Crippen LogP contribution is -2.23. The molecule has 0 spiro atoms. The summed E-state index contributed by atoms with van der Waals surface area (Å²) < 4.78 is 24.6. The van der Waals surface area contributed by atoms with Gasteiger partial charge in [0.25, 0.3) is 0 Å². The number of aromatic carboxylic acids is 1. The highest BCUT2D eigenvalue weighted by Crippen LogP contribution is 2.22. The van der Waals surface area contributed by atoms with Gasteiger partial charge in [0.1, 0.15) is 0 Å². The van der Waals surface area contributed by atoms with Crippen molar-refractivity contribution in [3.63, 3.8) is 0 Å². The van der Waals surface area contributed by atoms with Crippen LogP contribution in [0, 0.1) is 0 Å². The fourth-order valence-electron chi connectivity index (χ4n) is 1.30. The highest BCUT2D eigenvalue weighted by molar-refractivity contribution is 7.89. The van der Waals surface area contributed by atoms with Crippen molar-refractivity contribution in [2.75, 3.05) is 19.4 Å². The van der Waals surface area contributed by atoms with Crippen molar-refractivity contribution in [2.24, 2.45) is 0 Å². The quantitative estimate of drug-likeness (QED) is 0.750. The number of anilines is 1. The normalized spacial score (nSPS) is 11.3. The van der Waals surface area contributed by atoms with E-state index in [1.165, 1.54) is 14.1 Å². The second-order valence-electron chi connectivity index (χ2n) is 3.73. The minimum absolute atomic E-state index is 0.197. The Bertz CT molecular complexity index is 623. The molecule has 0 aromatic heterocycles. The van der Waals surface area contributed by atoms with E-state index < -0.39 is 27.6 Å². The number of hydrogen-bond donors (Lipinski definition) is 3. The van der Waals surface area contributed by atoms with E-state index in [0.29, 0.717) is 0 Å². The van der Waals surface area contributed by atoms with E-state index >= 15 is 0 Å². The number of nitrogens with zero attached hydrogens (tertiary/aromatic N) is 1. The molecule has 1 aromatic rings. The first-order valence-electron chi connectivity index (χ1n) is 4.96. The van der Waals surface area contributed by atoms with Crippen molar-refractivity contribution >= 4 is 27.8 Å². The van der Waals surface area contributed by atoms with Crippen molar-refractivity contribution in [3.8, 4) is 0 Å². The van der Waals surface area contributed by atoms with Gasteiger partial charge in [-0.05, 0) is 18.2 Å². The summed E-state index contributed by atoms with van der Waals surface area (Å²) in [6.45, 7) is 0. The summed E-state index contributed by atoms with van der Waals surface area (Å²) in [6.07, 6.45) is -1.44. The first kappa shape index (κ1) is 14.9. The van der Waals surface area contributed by atoms with Crippen LogP contribution in [0.5, 0.6) is 0 Å². The van der Waals surface area contributed by atoms with Crippen molar-refractivity contribution in [2.45, 2.75) is 4.90 Å². The molecule has 0 bridgehead atoms.